The summed E-state index contributed by atoms with van der Waals surface area (Å²) in [5.74, 6) is 0.909. The number of fused-ring (bicyclic) bond motifs is 1. The van der Waals surface area contributed by atoms with E-state index >= 15 is 0 Å². The van der Waals surface area contributed by atoms with Gasteiger partial charge in [-0.2, -0.15) is 5.10 Å². The van der Waals surface area contributed by atoms with Crippen LogP contribution in [0.1, 0.15) is 16.2 Å². The molecule has 3 aromatic rings. The molecule has 1 amide bonds. The summed E-state index contributed by atoms with van der Waals surface area (Å²) in [7, 11) is 0. The smallest absolute Gasteiger partial charge is 0.278 e. The molecule has 7 nitrogen and oxygen atoms in total. The summed E-state index contributed by atoms with van der Waals surface area (Å²) >= 11 is 5.80. The molecule has 1 aromatic carbocycles. The van der Waals surface area contributed by atoms with Gasteiger partial charge in [0.1, 0.15) is 23.7 Å². The zero-order chi connectivity index (χ0) is 17.2. The lowest BCUT2D eigenvalue weighted by molar-refractivity contribution is 0.0960. The number of hydrogen-bond acceptors (Lipinski definition) is 5. The average Bonchev–Trinajstić information content (AvgIpc) is 3.06. The van der Waals surface area contributed by atoms with Gasteiger partial charge in [0.15, 0.2) is 0 Å². The third-order valence-corrected chi connectivity index (χ3v) is 4.00. The fourth-order valence-electron chi connectivity index (χ4n) is 2.63. The van der Waals surface area contributed by atoms with E-state index in [1.54, 1.807) is 10.7 Å². The van der Waals surface area contributed by atoms with E-state index in [0.29, 0.717) is 42.1 Å². The number of aromatic nitrogens is 4. The van der Waals surface area contributed by atoms with E-state index in [1.165, 1.54) is 17.3 Å². The highest BCUT2D eigenvalue weighted by Gasteiger charge is 2.29. The van der Waals surface area contributed by atoms with Crippen LogP contribution in [-0.2, 0) is 13.2 Å². The number of nitrogens with zero attached hydrogens (tertiary/aromatic N) is 5. The Bertz CT molecular complexity index is 895. The summed E-state index contributed by atoms with van der Waals surface area (Å²) in [5, 5.41) is 4.87. The molecule has 2 aromatic heterocycles. The maximum Gasteiger partial charge on any atom is 0.278 e. The predicted octanol–water partition coefficient (Wildman–Crippen LogP) is 2.57. The number of benzene rings is 1. The highest BCUT2D eigenvalue weighted by atomic mass is 35.5. The molecule has 0 unspecified atom stereocenters. The molecule has 1 aliphatic heterocycles. The molecular weight excluding hydrogens is 342 g/mol. The lowest BCUT2D eigenvalue weighted by atomic mass is 10.2. The first kappa shape index (κ1) is 15.6. The fraction of sp³-hybridized carbons (Fsp3) is 0.176. The average molecular weight is 356 g/mol. The molecule has 0 saturated carbocycles. The standard InChI is InChI=1S/C17H14ClN5O2/c18-12-9-19-17(20-10-12)22-6-7-23-15(16(22)24)8-13(21-23)11-25-14-4-2-1-3-5-14/h1-5,8-10H,6-7,11H2. The van der Waals surface area contributed by atoms with Crippen LogP contribution in [0.15, 0.2) is 48.8 Å². The van der Waals surface area contributed by atoms with Crippen LogP contribution in [0, 0.1) is 0 Å². The molecule has 126 valence electrons. The first-order valence-corrected chi connectivity index (χ1v) is 8.12. The Morgan fingerprint density at radius 2 is 1.88 bits per heavy atom. The first-order chi connectivity index (χ1) is 12.2. The van der Waals surface area contributed by atoms with Crippen molar-refractivity contribution in [2.24, 2.45) is 0 Å². The number of amides is 1. The number of carbonyl (C=O) groups is 1. The minimum Gasteiger partial charge on any atom is -0.487 e. The molecule has 4 rings (SSSR count). The molecule has 1 aliphatic rings. The molecule has 0 radical (unpaired) electrons. The van der Waals surface area contributed by atoms with Gasteiger partial charge in [-0.05, 0) is 18.2 Å². The molecule has 0 aliphatic carbocycles. The molecule has 25 heavy (non-hydrogen) atoms. The lowest BCUT2D eigenvalue weighted by Gasteiger charge is -2.25. The third kappa shape index (κ3) is 3.18. The van der Waals surface area contributed by atoms with E-state index in [-0.39, 0.29) is 5.91 Å². The Kier molecular flexibility index (Phi) is 4.07. The summed E-state index contributed by atoms with van der Waals surface area (Å²) in [4.78, 5) is 22.5. The number of anilines is 1. The van der Waals surface area contributed by atoms with Crippen LogP contribution in [0.3, 0.4) is 0 Å². The van der Waals surface area contributed by atoms with E-state index < -0.39 is 0 Å². The number of para-hydroxylation sites is 1. The van der Waals surface area contributed by atoms with Crippen molar-refractivity contribution in [3.63, 3.8) is 0 Å². The van der Waals surface area contributed by atoms with Crippen LogP contribution < -0.4 is 9.64 Å². The van der Waals surface area contributed by atoms with Crippen molar-refractivity contribution in [2.45, 2.75) is 13.2 Å². The highest BCUT2D eigenvalue weighted by molar-refractivity contribution is 6.30. The van der Waals surface area contributed by atoms with Gasteiger partial charge in [-0.25, -0.2) is 9.97 Å². The number of carbonyl (C=O) groups excluding carboxylic acids is 1. The Balaban J connectivity index is 1.51. The summed E-state index contributed by atoms with van der Waals surface area (Å²) in [6.07, 6.45) is 2.95. The van der Waals surface area contributed by atoms with Crippen molar-refractivity contribution < 1.29 is 9.53 Å². The maximum absolute atomic E-state index is 12.7. The van der Waals surface area contributed by atoms with Crippen LogP contribution in [0.5, 0.6) is 5.75 Å². The monoisotopic (exact) mass is 355 g/mol. The summed E-state index contributed by atoms with van der Waals surface area (Å²) in [5.41, 5.74) is 1.20. The number of hydrogen-bond donors (Lipinski definition) is 0. The van der Waals surface area contributed by atoms with Crippen LogP contribution in [0.25, 0.3) is 0 Å². The van der Waals surface area contributed by atoms with Gasteiger partial charge < -0.3 is 4.74 Å². The van der Waals surface area contributed by atoms with E-state index in [0.717, 1.165) is 5.75 Å². The van der Waals surface area contributed by atoms with Crippen molar-refractivity contribution >= 4 is 23.5 Å². The molecule has 8 heteroatoms. The maximum atomic E-state index is 12.7. The molecule has 0 spiro atoms. The Morgan fingerprint density at radius 1 is 1.12 bits per heavy atom. The molecule has 0 bridgehead atoms. The quantitative estimate of drug-likeness (QED) is 0.719. The number of rotatable bonds is 4. The zero-order valence-electron chi connectivity index (χ0n) is 13.2. The summed E-state index contributed by atoms with van der Waals surface area (Å²) < 4.78 is 7.38. The second-order valence-corrected chi connectivity index (χ2v) is 5.94. The van der Waals surface area contributed by atoms with E-state index in [9.17, 15) is 4.79 Å². The Labute approximate surface area is 148 Å². The molecule has 0 atom stereocenters. The van der Waals surface area contributed by atoms with E-state index in [1.807, 2.05) is 30.3 Å². The SMILES string of the molecule is O=C1c2cc(COc3ccccc3)nn2CCN1c1ncc(Cl)cn1. The van der Waals surface area contributed by atoms with Gasteiger partial charge in [-0.1, -0.05) is 29.8 Å². The minimum absolute atomic E-state index is 0.188. The Hall–Kier alpha value is -2.93. The molecule has 3 heterocycles. The molecule has 0 saturated heterocycles. The van der Waals surface area contributed by atoms with Gasteiger partial charge >= 0.3 is 0 Å². The lowest BCUT2D eigenvalue weighted by Crippen LogP contribution is -2.41. The van der Waals surface area contributed by atoms with E-state index in [2.05, 4.69) is 15.1 Å². The van der Waals surface area contributed by atoms with Crippen molar-refractivity contribution in [3.8, 4) is 5.75 Å². The van der Waals surface area contributed by atoms with Gasteiger partial charge in [0, 0.05) is 6.54 Å². The van der Waals surface area contributed by atoms with Crippen LogP contribution in [0.2, 0.25) is 5.02 Å². The second kappa shape index (κ2) is 6.52. The van der Waals surface area contributed by atoms with Crippen molar-refractivity contribution in [1.29, 1.82) is 0 Å². The summed E-state index contributed by atoms with van der Waals surface area (Å²) in [6, 6.07) is 11.2. The third-order valence-electron chi connectivity index (χ3n) is 3.81. The minimum atomic E-state index is -0.188. The van der Waals surface area contributed by atoms with Gasteiger partial charge in [-0.15, -0.1) is 0 Å². The van der Waals surface area contributed by atoms with E-state index in [4.69, 9.17) is 16.3 Å². The molecule has 0 fully saturated rings. The highest BCUT2D eigenvalue weighted by Crippen LogP contribution is 2.20. The second-order valence-electron chi connectivity index (χ2n) is 5.50. The van der Waals surface area contributed by atoms with Crippen LogP contribution in [0.4, 0.5) is 5.95 Å². The number of ether oxygens (including phenoxy) is 1. The summed E-state index contributed by atoms with van der Waals surface area (Å²) in [6.45, 7) is 1.32. The van der Waals surface area contributed by atoms with Crippen molar-refractivity contribution in [1.82, 2.24) is 19.7 Å². The topological polar surface area (TPSA) is 73.1 Å². The van der Waals surface area contributed by atoms with Crippen molar-refractivity contribution in [3.05, 3.63) is 65.2 Å². The van der Waals surface area contributed by atoms with Gasteiger partial charge in [-0.3, -0.25) is 14.4 Å². The van der Waals surface area contributed by atoms with Crippen molar-refractivity contribution in [2.75, 3.05) is 11.4 Å². The normalized spacial score (nSPS) is 13.6. The van der Waals surface area contributed by atoms with Gasteiger partial charge in [0.2, 0.25) is 5.95 Å². The van der Waals surface area contributed by atoms with Gasteiger partial charge in [0.05, 0.1) is 24.0 Å². The Morgan fingerprint density at radius 3 is 2.64 bits per heavy atom. The van der Waals surface area contributed by atoms with Crippen LogP contribution >= 0.6 is 11.6 Å². The van der Waals surface area contributed by atoms with Crippen LogP contribution in [-0.4, -0.2) is 32.2 Å². The molecular formula is C17H14ClN5O2. The van der Waals surface area contributed by atoms with Gasteiger partial charge in [0.25, 0.3) is 5.91 Å². The zero-order valence-corrected chi connectivity index (χ0v) is 13.9. The largest absolute Gasteiger partial charge is 0.487 e. The fourth-order valence-corrected chi connectivity index (χ4v) is 2.73. The number of halogens is 1. The first-order valence-electron chi connectivity index (χ1n) is 7.75. The molecule has 0 N–H and O–H groups in total. The predicted molar refractivity (Wildman–Crippen MR) is 91.7 cm³/mol.